The molecule has 3 aromatic rings. The molecule has 0 aromatic heterocycles. The van der Waals surface area contributed by atoms with Crippen LogP contribution in [0.2, 0.25) is 0 Å². The molecule has 1 heterocycles. The fraction of sp³-hybridized carbons (Fsp3) is 0.0800. The summed E-state index contributed by atoms with van der Waals surface area (Å²) in [5.41, 5.74) is 2.06. The average Bonchev–Trinajstić information content (AvgIpc) is 3.03. The van der Waals surface area contributed by atoms with E-state index in [0.29, 0.717) is 17.1 Å². The maximum atomic E-state index is 13.1. The van der Waals surface area contributed by atoms with Crippen LogP contribution in [-0.2, 0) is 9.59 Å². The number of benzene rings is 3. The quantitative estimate of drug-likeness (QED) is 0.494. The lowest BCUT2D eigenvalue weighted by molar-refractivity contribution is -0.120. The van der Waals surface area contributed by atoms with Crippen molar-refractivity contribution < 1.29 is 23.5 Å². The first-order chi connectivity index (χ1) is 16.3. The molecule has 2 N–H and O–H groups in total. The third kappa shape index (κ3) is 4.49. The zero-order valence-corrected chi connectivity index (χ0v) is 18.9. The van der Waals surface area contributed by atoms with Gasteiger partial charge in [-0.15, -0.1) is 0 Å². The third-order valence-corrected chi connectivity index (χ3v) is 5.45. The van der Waals surface area contributed by atoms with Gasteiger partial charge < -0.3 is 15.4 Å². The Labute approximate surface area is 199 Å². The lowest BCUT2D eigenvalue weighted by atomic mass is 10.1. The molecule has 0 saturated carbocycles. The number of carbonyl (C=O) groups is 3. The maximum absolute atomic E-state index is 13.1. The first-order valence-corrected chi connectivity index (χ1v) is 10.5. The van der Waals surface area contributed by atoms with Gasteiger partial charge in [0, 0.05) is 16.9 Å². The Morgan fingerprint density at radius 1 is 0.971 bits per heavy atom. The summed E-state index contributed by atoms with van der Waals surface area (Å²) in [5, 5.41) is 5.23. The molecular weight excluding hydrogens is 461 g/mol. The number of carbonyl (C=O) groups excluding carboxylic acids is 3. The second-order valence-corrected chi connectivity index (χ2v) is 7.85. The van der Waals surface area contributed by atoms with Gasteiger partial charge >= 0.3 is 0 Å². The van der Waals surface area contributed by atoms with Gasteiger partial charge in [0.15, 0.2) is 0 Å². The van der Waals surface area contributed by atoms with E-state index in [1.165, 1.54) is 37.4 Å². The molecule has 172 valence electrons. The zero-order valence-electron chi connectivity index (χ0n) is 18.2. The number of nitrogens with one attached hydrogen (secondary N) is 2. The Balaban J connectivity index is 1.56. The summed E-state index contributed by atoms with van der Waals surface area (Å²) in [6, 6.07) is 16.8. The molecule has 0 bridgehead atoms. The molecule has 0 aliphatic carbocycles. The van der Waals surface area contributed by atoms with Gasteiger partial charge in [-0.2, -0.15) is 0 Å². The van der Waals surface area contributed by atoms with Gasteiger partial charge in [0.2, 0.25) is 0 Å². The van der Waals surface area contributed by atoms with Crippen molar-refractivity contribution in [2.45, 2.75) is 6.92 Å². The number of aryl methyl sites for hydroxylation is 1. The predicted molar refractivity (Wildman–Crippen MR) is 128 cm³/mol. The Bertz CT molecular complexity index is 1340. The summed E-state index contributed by atoms with van der Waals surface area (Å²) < 4.78 is 18.4. The minimum atomic E-state index is -0.691. The van der Waals surface area contributed by atoms with E-state index in [4.69, 9.17) is 16.3 Å². The number of nitrogens with zero attached hydrogens (tertiary/aromatic N) is 1. The van der Waals surface area contributed by atoms with Crippen LogP contribution < -0.4 is 20.3 Å². The predicted octanol–water partition coefficient (Wildman–Crippen LogP) is 4.83. The summed E-state index contributed by atoms with van der Waals surface area (Å²) in [6.45, 7) is 1.82. The van der Waals surface area contributed by atoms with Crippen LogP contribution in [0, 0.1) is 12.7 Å². The minimum absolute atomic E-state index is 0.119. The standard InChI is InChI=1S/C25H19ClFN3O4/c1-14-6-11-20(34-2)19(12-14)30-24(32)21(26)22(25(30)33)28-18-5-3-4-15(13-18)23(31)29-17-9-7-16(27)8-10-17/h3-13,28H,1-2H3,(H,29,31). The van der Waals surface area contributed by atoms with E-state index in [-0.39, 0.29) is 22.0 Å². The van der Waals surface area contributed by atoms with Crippen molar-refractivity contribution in [1.29, 1.82) is 0 Å². The van der Waals surface area contributed by atoms with Crippen LogP contribution in [0.1, 0.15) is 15.9 Å². The number of amides is 3. The van der Waals surface area contributed by atoms with Crippen LogP contribution in [0.15, 0.2) is 77.5 Å². The first kappa shape index (κ1) is 23.0. The van der Waals surface area contributed by atoms with Crippen molar-refractivity contribution in [3.05, 3.63) is 94.4 Å². The number of methoxy groups -OCH3 is 1. The molecule has 0 spiro atoms. The summed E-state index contributed by atoms with van der Waals surface area (Å²) in [7, 11) is 1.44. The molecule has 0 saturated heterocycles. The molecule has 0 unspecified atom stereocenters. The van der Waals surface area contributed by atoms with Gasteiger partial charge in [0.25, 0.3) is 17.7 Å². The number of rotatable bonds is 6. The highest BCUT2D eigenvalue weighted by molar-refractivity contribution is 6.53. The van der Waals surface area contributed by atoms with Crippen molar-refractivity contribution in [3.63, 3.8) is 0 Å². The highest BCUT2D eigenvalue weighted by atomic mass is 35.5. The van der Waals surface area contributed by atoms with Crippen LogP contribution in [0.4, 0.5) is 21.5 Å². The Hall–Kier alpha value is -4.17. The van der Waals surface area contributed by atoms with E-state index < -0.39 is 23.5 Å². The lowest BCUT2D eigenvalue weighted by Crippen LogP contribution is -2.32. The lowest BCUT2D eigenvalue weighted by Gasteiger charge is -2.18. The number of imide groups is 1. The summed E-state index contributed by atoms with van der Waals surface area (Å²) in [5.74, 6) is -1.85. The van der Waals surface area contributed by atoms with E-state index in [2.05, 4.69) is 10.6 Å². The normalized spacial score (nSPS) is 13.4. The van der Waals surface area contributed by atoms with E-state index in [1.807, 2.05) is 6.92 Å². The second kappa shape index (κ2) is 9.36. The summed E-state index contributed by atoms with van der Waals surface area (Å²) in [6.07, 6.45) is 0. The number of halogens is 2. The Morgan fingerprint density at radius 3 is 2.41 bits per heavy atom. The van der Waals surface area contributed by atoms with Gasteiger partial charge in [-0.1, -0.05) is 23.7 Å². The Kier molecular flexibility index (Phi) is 6.34. The average molecular weight is 480 g/mol. The molecule has 0 radical (unpaired) electrons. The van der Waals surface area contributed by atoms with Crippen LogP contribution in [-0.4, -0.2) is 24.8 Å². The molecule has 0 fully saturated rings. The molecule has 7 nitrogen and oxygen atoms in total. The van der Waals surface area contributed by atoms with Crippen LogP contribution in [0.25, 0.3) is 0 Å². The Morgan fingerprint density at radius 2 is 1.71 bits per heavy atom. The molecule has 1 aliphatic heterocycles. The largest absolute Gasteiger partial charge is 0.495 e. The van der Waals surface area contributed by atoms with Crippen LogP contribution in [0.3, 0.4) is 0 Å². The van der Waals surface area contributed by atoms with E-state index in [9.17, 15) is 18.8 Å². The monoisotopic (exact) mass is 479 g/mol. The number of anilines is 3. The molecule has 0 atom stereocenters. The van der Waals surface area contributed by atoms with E-state index in [1.54, 1.807) is 36.4 Å². The van der Waals surface area contributed by atoms with Gasteiger partial charge in [-0.25, -0.2) is 9.29 Å². The zero-order chi connectivity index (χ0) is 24.4. The molecule has 3 amide bonds. The van der Waals surface area contributed by atoms with E-state index in [0.717, 1.165) is 10.5 Å². The van der Waals surface area contributed by atoms with Crippen LogP contribution >= 0.6 is 11.6 Å². The number of hydrogen-bond donors (Lipinski definition) is 2. The summed E-state index contributed by atoms with van der Waals surface area (Å²) >= 11 is 6.23. The third-order valence-electron chi connectivity index (χ3n) is 5.10. The molecule has 9 heteroatoms. The topological polar surface area (TPSA) is 87.7 Å². The second-order valence-electron chi connectivity index (χ2n) is 7.48. The van der Waals surface area contributed by atoms with Gasteiger partial charge in [-0.05, 0) is 67.1 Å². The van der Waals surface area contributed by atoms with Gasteiger partial charge in [-0.3, -0.25) is 14.4 Å². The molecule has 3 aromatic carbocycles. The van der Waals surface area contributed by atoms with Gasteiger partial charge in [0.1, 0.15) is 22.3 Å². The van der Waals surface area contributed by atoms with Crippen LogP contribution in [0.5, 0.6) is 5.75 Å². The van der Waals surface area contributed by atoms with Gasteiger partial charge in [0.05, 0.1) is 12.8 Å². The fourth-order valence-electron chi connectivity index (χ4n) is 3.42. The maximum Gasteiger partial charge on any atom is 0.283 e. The molecule has 1 aliphatic rings. The smallest absolute Gasteiger partial charge is 0.283 e. The van der Waals surface area contributed by atoms with E-state index >= 15 is 0 Å². The minimum Gasteiger partial charge on any atom is -0.495 e. The van der Waals surface area contributed by atoms with Crippen molar-refractivity contribution in [3.8, 4) is 5.75 Å². The van der Waals surface area contributed by atoms with Crippen molar-refractivity contribution in [2.24, 2.45) is 0 Å². The van der Waals surface area contributed by atoms with Crippen molar-refractivity contribution >= 4 is 46.4 Å². The first-order valence-electron chi connectivity index (χ1n) is 10.2. The molecule has 4 rings (SSSR count). The molecule has 34 heavy (non-hydrogen) atoms. The SMILES string of the molecule is COc1ccc(C)cc1N1C(=O)C(Cl)=C(Nc2cccc(C(=O)Nc3ccc(F)cc3)c2)C1=O. The number of hydrogen-bond acceptors (Lipinski definition) is 5. The highest BCUT2D eigenvalue weighted by Gasteiger charge is 2.40. The number of ether oxygens (including phenoxy) is 1. The van der Waals surface area contributed by atoms with Crippen molar-refractivity contribution in [1.82, 2.24) is 0 Å². The summed E-state index contributed by atoms with van der Waals surface area (Å²) in [4.78, 5) is 39.5. The fourth-order valence-corrected chi connectivity index (χ4v) is 3.64. The van der Waals surface area contributed by atoms with Crippen molar-refractivity contribution in [2.75, 3.05) is 22.6 Å². The highest BCUT2D eigenvalue weighted by Crippen LogP contribution is 2.36. The molecular formula is C25H19ClFN3O4.